The van der Waals surface area contributed by atoms with Gasteiger partial charge in [0.1, 0.15) is 12.1 Å². The van der Waals surface area contributed by atoms with E-state index in [0.717, 1.165) is 0 Å². The van der Waals surface area contributed by atoms with Gasteiger partial charge in [-0.1, -0.05) is 12.7 Å². The van der Waals surface area contributed by atoms with Gasteiger partial charge in [0, 0.05) is 5.70 Å². The fraction of sp³-hybridized carbons (Fsp3) is 0.500. The van der Waals surface area contributed by atoms with E-state index in [1.54, 1.807) is 39.8 Å². The first kappa shape index (κ1) is 15.2. The SMILES string of the molecule is C=CC=C(C)NC(=O)CNC(=O)OC(C)(C)C. The Bertz CT molecular complexity index is 327. The summed E-state index contributed by atoms with van der Waals surface area (Å²) in [6.07, 6.45) is 2.61. The van der Waals surface area contributed by atoms with Crippen LogP contribution in [-0.2, 0) is 9.53 Å². The van der Waals surface area contributed by atoms with Crippen LogP contribution in [0.25, 0.3) is 0 Å². The van der Waals surface area contributed by atoms with Crippen molar-refractivity contribution in [2.75, 3.05) is 6.54 Å². The highest BCUT2D eigenvalue weighted by atomic mass is 16.6. The average molecular weight is 240 g/mol. The van der Waals surface area contributed by atoms with Crippen molar-refractivity contribution in [2.45, 2.75) is 33.3 Å². The summed E-state index contributed by atoms with van der Waals surface area (Å²) >= 11 is 0. The number of amides is 2. The topological polar surface area (TPSA) is 67.4 Å². The van der Waals surface area contributed by atoms with Crippen molar-refractivity contribution in [3.05, 3.63) is 24.4 Å². The molecule has 0 saturated carbocycles. The highest BCUT2D eigenvalue weighted by Crippen LogP contribution is 2.05. The molecule has 0 heterocycles. The Balaban J connectivity index is 3.97. The van der Waals surface area contributed by atoms with Crippen LogP contribution in [0.3, 0.4) is 0 Å². The van der Waals surface area contributed by atoms with Gasteiger partial charge in [0.2, 0.25) is 5.91 Å². The fourth-order valence-electron chi connectivity index (χ4n) is 0.949. The van der Waals surface area contributed by atoms with Gasteiger partial charge in [0.15, 0.2) is 0 Å². The quantitative estimate of drug-likeness (QED) is 0.735. The smallest absolute Gasteiger partial charge is 0.408 e. The van der Waals surface area contributed by atoms with E-state index in [1.165, 1.54) is 0 Å². The Hall–Kier alpha value is -1.78. The standard InChI is InChI=1S/C12H20N2O3/c1-6-7-9(2)14-10(15)8-13-11(16)17-12(3,4)5/h6-7H,1,8H2,2-5H3,(H,13,16)(H,14,15). The number of allylic oxidation sites excluding steroid dienone is 3. The summed E-state index contributed by atoms with van der Waals surface area (Å²) in [5.74, 6) is -0.313. The number of carbonyl (C=O) groups excluding carboxylic acids is 2. The zero-order valence-corrected chi connectivity index (χ0v) is 10.8. The summed E-state index contributed by atoms with van der Waals surface area (Å²) in [6, 6.07) is 0. The molecule has 5 nitrogen and oxygen atoms in total. The first-order valence-corrected chi connectivity index (χ1v) is 5.30. The van der Waals surface area contributed by atoms with Crippen LogP contribution in [0, 0.1) is 0 Å². The molecule has 0 unspecified atom stereocenters. The van der Waals surface area contributed by atoms with Gasteiger partial charge in [-0.3, -0.25) is 4.79 Å². The summed E-state index contributed by atoms with van der Waals surface area (Å²) in [6.45, 7) is 10.4. The van der Waals surface area contributed by atoms with Crippen LogP contribution < -0.4 is 10.6 Å². The van der Waals surface area contributed by atoms with E-state index in [0.29, 0.717) is 5.70 Å². The van der Waals surface area contributed by atoms with Gasteiger partial charge in [0.25, 0.3) is 0 Å². The molecule has 0 aromatic heterocycles. The molecule has 0 aliphatic rings. The van der Waals surface area contributed by atoms with Crippen LogP contribution in [-0.4, -0.2) is 24.1 Å². The summed E-state index contributed by atoms with van der Waals surface area (Å²) in [4.78, 5) is 22.6. The van der Waals surface area contributed by atoms with Crippen LogP contribution in [0.4, 0.5) is 4.79 Å². The summed E-state index contributed by atoms with van der Waals surface area (Å²) in [5.41, 5.74) is 0.0927. The van der Waals surface area contributed by atoms with E-state index in [2.05, 4.69) is 17.2 Å². The Labute approximate surface area is 102 Å². The Morgan fingerprint density at radius 3 is 2.41 bits per heavy atom. The minimum atomic E-state index is -0.613. The molecule has 0 fully saturated rings. The minimum absolute atomic E-state index is 0.128. The number of hydrogen-bond donors (Lipinski definition) is 2. The van der Waals surface area contributed by atoms with Crippen molar-refractivity contribution in [2.24, 2.45) is 0 Å². The van der Waals surface area contributed by atoms with Crippen LogP contribution in [0.2, 0.25) is 0 Å². The third-order valence-corrected chi connectivity index (χ3v) is 1.50. The first-order chi connectivity index (χ1) is 7.74. The molecule has 17 heavy (non-hydrogen) atoms. The van der Waals surface area contributed by atoms with Crippen LogP contribution in [0.15, 0.2) is 24.4 Å². The lowest BCUT2D eigenvalue weighted by Crippen LogP contribution is -2.39. The number of nitrogens with one attached hydrogen (secondary N) is 2. The zero-order valence-electron chi connectivity index (χ0n) is 10.8. The lowest BCUT2D eigenvalue weighted by atomic mass is 10.2. The van der Waals surface area contributed by atoms with Crippen molar-refractivity contribution >= 4 is 12.0 Å². The molecule has 0 aliphatic carbocycles. The molecule has 0 saturated heterocycles. The zero-order chi connectivity index (χ0) is 13.5. The number of ether oxygens (including phenoxy) is 1. The monoisotopic (exact) mass is 240 g/mol. The van der Waals surface area contributed by atoms with Crippen molar-refractivity contribution in [3.8, 4) is 0 Å². The average Bonchev–Trinajstić information content (AvgIpc) is 2.12. The van der Waals surface area contributed by atoms with Gasteiger partial charge in [0.05, 0.1) is 0 Å². The Morgan fingerprint density at radius 1 is 1.35 bits per heavy atom. The largest absolute Gasteiger partial charge is 0.444 e. The minimum Gasteiger partial charge on any atom is -0.444 e. The van der Waals surface area contributed by atoms with Gasteiger partial charge >= 0.3 is 6.09 Å². The normalized spacial score (nSPS) is 11.6. The molecular formula is C12H20N2O3. The van der Waals surface area contributed by atoms with Gasteiger partial charge in [-0.05, 0) is 33.8 Å². The van der Waals surface area contributed by atoms with E-state index in [-0.39, 0.29) is 12.5 Å². The highest BCUT2D eigenvalue weighted by Gasteiger charge is 2.16. The number of carbonyl (C=O) groups is 2. The second-order valence-corrected chi connectivity index (χ2v) is 4.49. The number of alkyl carbamates (subject to hydrolysis) is 1. The van der Waals surface area contributed by atoms with Crippen molar-refractivity contribution < 1.29 is 14.3 Å². The van der Waals surface area contributed by atoms with E-state index < -0.39 is 11.7 Å². The third kappa shape index (κ3) is 9.17. The molecule has 0 spiro atoms. The second-order valence-electron chi connectivity index (χ2n) is 4.49. The highest BCUT2D eigenvalue weighted by molar-refractivity contribution is 5.83. The molecule has 0 aromatic carbocycles. The van der Waals surface area contributed by atoms with Crippen LogP contribution in [0.1, 0.15) is 27.7 Å². The van der Waals surface area contributed by atoms with Crippen molar-refractivity contribution in [1.82, 2.24) is 10.6 Å². The first-order valence-electron chi connectivity index (χ1n) is 5.30. The second kappa shape index (κ2) is 6.73. The maximum absolute atomic E-state index is 11.3. The molecular weight excluding hydrogens is 220 g/mol. The molecule has 96 valence electrons. The molecule has 0 rings (SSSR count). The van der Waals surface area contributed by atoms with Crippen LogP contribution >= 0.6 is 0 Å². The number of rotatable bonds is 4. The van der Waals surface area contributed by atoms with Crippen molar-refractivity contribution in [3.63, 3.8) is 0 Å². The molecule has 2 amide bonds. The predicted octanol–water partition coefficient (Wildman–Crippen LogP) is 1.72. The van der Waals surface area contributed by atoms with Crippen molar-refractivity contribution in [1.29, 1.82) is 0 Å². The maximum Gasteiger partial charge on any atom is 0.408 e. The Morgan fingerprint density at radius 2 is 1.94 bits per heavy atom. The van der Waals surface area contributed by atoms with Crippen LogP contribution in [0.5, 0.6) is 0 Å². The van der Waals surface area contributed by atoms with E-state index in [4.69, 9.17) is 4.74 Å². The lowest BCUT2D eigenvalue weighted by Gasteiger charge is -2.19. The molecule has 5 heteroatoms. The van der Waals surface area contributed by atoms with E-state index in [1.807, 2.05) is 0 Å². The van der Waals surface area contributed by atoms with Gasteiger partial charge in [-0.25, -0.2) is 4.79 Å². The fourth-order valence-corrected chi connectivity index (χ4v) is 0.949. The van der Waals surface area contributed by atoms with E-state index >= 15 is 0 Å². The molecule has 0 atom stereocenters. The lowest BCUT2D eigenvalue weighted by molar-refractivity contribution is -0.119. The summed E-state index contributed by atoms with van der Waals surface area (Å²) in [5, 5.41) is 4.94. The van der Waals surface area contributed by atoms with Gasteiger partial charge in [-0.2, -0.15) is 0 Å². The van der Waals surface area contributed by atoms with Gasteiger partial charge in [-0.15, -0.1) is 0 Å². The molecule has 0 aliphatic heterocycles. The van der Waals surface area contributed by atoms with E-state index in [9.17, 15) is 9.59 Å². The molecule has 0 bridgehead atoms. The molecule has 0 radical (unpaired) electrons. The Kier molecular flexibility index (Phi) is 6.02. The summed E-state index contributed by atoms with van der Waals surface area (Å²) in [7, 11) is 0. The molecule has 2 N–H and O–H groups in total. The van der Waals surface area contributed by atoms with Gasteiger partial charge < -0.3 is 15.4 Å². The maximum atomic E-state index is 11.3. The molecule has 0 aromatic rings. The predicted molar refractivity (Wildman–Crippen MR) is 66.3 cm³/mol. The third-order valence-electron chi connectivity index (χ3n) is 1.50. The number of hydrogen-bond acceptors (Lipinski definition) is 3. The summed E-state index contributed by atoms with van der Waals surface area (Å²) < 4.78 is 4.98.